The minimum absolute atomic E-state index is 0.875. The Morgan fingerprint density at radius 2 is 0.909 bits per heavy atom. The van der Waals surface area contributed by atoms with Crippen LogP contribution in [0.5, 0.6) is 0 Å². The normalized spacial score (nSPS) is 11.7. The van der Waals surface area contributed by atoms with Gasteiger partial charge in [-0.3, -0.25) is 0 Å². The first-order valence-electron chi connectivity index (χ1n) is 18.9. The lowest BCUT2D eigenvalue weighted by Crippen LogP contribution is -2.17. The number of hydrogen-bond donors (Lipinski definition) is 0. The average Bonchev–Trinajstić information content (AvgIpc) is 3.25. The molecule has 8 rings (SSSR count). The Morgan fingerprint density at radius 1 is 0.455 bits per heavy atom. The van der Waals surface area contributed by atoms with Crippen LogP contribution in [0.3, 0.4) is 0 Å². The van der Waals surface area contributed by atoms with Crippen LogP contribution < -0.4 is 9.80 Å². The molecule has 55 heavy (non-hydrogen) atoms. The summed E-state index contributed by atoms with van der Waals surface area (Å²) in [5.74, 6) is 0. The van der Waals surface area contributed by atoms with Crippen molar-refractivity contribution in [3.8, 4) is 22.3 Å². The molecule has 266 valence electrons. The second-order valence-corrected chi connectivity index (χ2v) is 14.0. The largest absolute Gasteiger partial charge is 0.310 e. The van der Waals surface area contributed by atoms with Crippen LogP contribution in [0.4, 0.5) is 28.4 Å². The van der Waals surface area contributed by atoms with Crippen LogP contribution in [0.15, 0.2) is 218 Å². The number of aryl methyl sites for hydroxylation is 1. The third-order valence-corrected chi connectivity index (χ3v) is 10.3. The highest BCUT2D eigenvalue weighted by Crippen LogP contribution is 2.50. The van der Waals surface area contributed by atoms with E-state index in [9.17, 15) is 0 Å². The summed E-state index contributed by atoms with van der Waals surface area (Å²) >= 11 is 0. The average molecular weight is 709 g/mol. The van der Waals surface area contributed by atoms with Crippen molar-refractivity contribution in [3.05, 3.63) is 224 Å². The van der Waals surface area contributed by atoms with E-state index in [2.05, 4.69) is 231 Å². The molecule has 0 saturated carbocycles. The molecule has 0 amide bonds. The molecule has 0 unspecified atom stereocenters. The highest BCUT2D eigenvalue weighted by atomic mass is 15.2. The topological polar surface area (TPSA) is 6.48 Å². The maximum atomic E-state index is 4.73. The van der Waals surface area contributed by atoms with Crippen LogP contribution >= 0.6 is 0 Å². The zero-order valence-corrected chi connectivity index (χ0v) is 31.7. The van der Waals surface area contributed by atoms with Crippen molar-refractivity contribution in [1.82, 2.24) is 0 Å². The third kappa shape index (κ3) is 7.11. The molecule has 0 bridgehead atoms. The quantitative estimate of drug-likeness (QED) is 0.0793. The molecule has 0 N–H and O–H groups in total. The lowest BCUT2D eigenvalue weighted by atomic mass is 9.94. The summed E-state index contributed by atoms with van der Waals surface area (Å²) in [5, 5.41) is 4.56. The monoisotopic (exact) mass is 708 g/mol. The molecule has 8 aromatic carbocycles. The number of hydrogen-bond acceptors (Lipinski definition) is 2. The maximum absolute atomic E-state index is 4.73. The van der Waals surface area contributed by atoms with Gasteiger partial charge in [-0.1, -0.05) is 175 Å². The summed E-state index contributed by atoms with van der Waals surface area (Å²) in [6.07, 6.45) is 6.40. The van der Waals surface area contributed by atoms with Crippen LogP contribution in [0.1, 0.15) is 19.4 Å². The van der Waals surface area contributed by atoms with Gasteiger partial charge in [-0.15, -0.1) is 0 Å². The van der Waals surface area contributed by atoms with E-state index in [4.69, 9.17) is 6.58 Å². The summed E-state index contributed by atoms with van der Waals surface area (Å²) in [6.45, 7) is 11.1. The summed E-state index contributed by atoms with van der Waals surface area (Å²) in [4.78, 5) is 4.78. The summed E-state index contributed by atoms with van der Waals surface area (Å²) in [6, 6.07) is 65.5. The molecule has 2 nitrogen and oxygen atoms in total. The van der Waals surface area contributed by atoms with Gasteiger partial charge in [-0.2, -0.15) is 0 Å². The van der Waals surface area contributed by atoms with Gasteiger partial charge >= 0.3 is 0 Å². The Hall–Kier alpha value is -6.90. The van der Waals surface area contributed by atoms with E-state index >= 15 is 0 Å². The molecule has 8 aromatic rings. The number of fused-ring (bicyclic) bond motifs is 2. The van der Waals surface area contributed by atoms with Gasteiger partial charge in [0.15, 0.2) is 0 Å². The zero-order chi connectivity index (χ0) is 37.7. The van der Waals surface area contributed by atoms with E-state index in [-0.39, 0.29) is 0 Å². The van der Waals surface area contributed by atoms with Gasteiger partial charge in [0.05, 0.1) is 11.4 Å². The van der Waals surface area contributed by atoms with Crippen molar-refractivity contribution in [2.75, 3.05) is 9.80 Å². The minimum atomic E-state index is 0.875. The van der Waals surface area contributed by atoms with E-state index in [0.29, 0.717) is 0 Å². The molecule has 0 radical (unpaired) electrons. The Balaban J connectivity index is 1.43. The van der Waals surface area contributed by atoms with Crippen molar-refractivity contribution < 1.29 is 0 Å². The predicted octanol–water partition coefficient (Wildman–Crippen LogP) is 15.3. The van der Waals surface area contributed by atoms with E-state index in [0.717, 1.165) is 61.2 Å². The molecule has 0 heterocycles. The number of rotatable bonds is 10. The van der Waals surface area contributed by atoms with Gasteiger partial charge in [-0.05, 0) is 85.5 Å². The SMILES string of the molecule is C=C(/C=C\C(C)=C/C)N(c1cccc(-c2ccccc2)c1)c1c2ccccc2c(N(c2ccc(C)cc2)c2cccc(-c3ccccc3)c2)c2ccccc12. The highest BCUT2D eigenvalue weighted by Gasteiger charge is 2.25. The lowest BCUT2D eigenvalue weighted by Gasteiger charge is -2.33. The fourth-order valence-electron chi connectivity index (χ4n) is 7.41. The second kappa shape index (κ2) is 15.6. The van der Waals surface area contributed by atoms with E-state index in [1.54, 1.807) is 0 Å². The van der Waals surface area contributed by atoms with Crippen LogP contribution in [0, 0.1) is 6.92 Å². The van der Waals surface area contributed by atoms with Gasteiger partial charge in [0.2, 0.25) is 0 Å². The maximum Gasteiger partial charge on any atom is 0.0619 e. The van der Waals surface area contributed by atoms with E-state index in [1.807, 2.05) is 0 Å². The Labute approximate surface area is 325 Å². The molecule has 0 aliphatic heterocycles. The van der Waals surface area contributed by atoms with Crippen LogP contribution in [-0.4, -0.2) is 0 Å². The summed E-state index contributed by atoms with van der Waals surface area (Å²) in [7, 11) is 0. The summed E-state index contributed by atoms with van der Waals surface area (Å²) in [5.41, 5.74) is 13.4. The highest BCUT2D eigenvalue weighted by molar-refractivity contribution is 6.23. The van der Waals surface area contributed by atoms with Crippen LogP contribution in [0.25, 0.3) is 43.8 Å². The predicted molar refractivity (Wildman–Crippen MR) is 238 cm³/mol. The number of nitrogens with zero attached hydrogens (tertiary/aromatic N) is 2. The molecular weight excluding hydrogens is 665 g/mol. The molecule has 0 aliphatic rings. The first-order chi connectivity index (χ1) is 27.0. The molecule has 0 aliphatic carbocycles. The molecule has 0 spiro atoms. The van der Waals surface area contributed by atoms with E-state index < -0.39 is 0 Å². The van der Waals surface area contributed by atoms with Gasteiger partial charge in [0.1, 0.15) is 0 Å². The molecular formula is C53H44N2. The minimum Gasteiger partial charge on any atom is -0.310 e. The Kier molecular flexibility index (Phi) is 9.97. The molecule has 2 heteroatoms. The Bertz CT molecular complexity index is 2630. The van der Waals surface area contributed by atoms with Crippen molar-refractivity contribution in [2.45, 2.75) is 20.8 Å². The second-order valence-electron chi connectivity index (χ2n) is 14.0. The van der Waals surface area contributed by atoms with Crippen molar-refractivity contribution in [2.24, 2.45) is 0 Å². The van der Waals surface area contributed by atoms with Gasteiger partial charge in [0.25, 0.3) is 0 Å². The number of anilines is 5. The van der Waals surface area contributed by atoms with Crippen LogP contribution in [-0.2, 0) is 0 Å². The molecule has 0 fully saturated rings. The van der Waals surface area contributed by atoms with Gasteiger partial charge in [-0.25, -0.2) is 0 Å². The van der Waals surface area contributed by atoms with Gasteiger partial charge in [0, 0.05) is 44.3 Å². The van der Waals surface area contributed by atoms with Gasteiger partial charge < -0.3 is 9.80 Å². The molecule has 0 saturated heterocycles. The van der Waals surface area contributed by atoms with Crippen molar-refractivity contribution in [3.63, 3.8) is 0 Å². The standard InChI is InChI=1S/C53H44N2/c1-5-38(2)30-33-40(4)54(46-24-16-22-43(36-46)41-18-8-6-9-19-41)52-48-26-12-14-28-50(48)53(51-29-15-13-27-49(51)52)55(45-34-31-39(3)32-35-45)47-25-17-23-44(37-47)42-20-10-7-11-21-42/h5-37H,4H2,1-3H3/b33-30-,38-5-. The smallest absolute Gasteiger partial charge is 0.0619 e. The first kappa shape index (κ1) is 35.1. The lowest BCUT2D eigenvalue weighted by molar-refractivity contribution is 1.23. The van der Waals surface area contributed by atoms with Crippen molar-refractivity contribution in [1.29, 1.82) is 0 Å². The first-order valence-corrected chi connectivity index (χ1v) is 18.9. The van der Waals surface area contributed by atoms with E-state index in [1.165, 1.54) is 27.8 Å². The Morgan fingerprint density at radius 3 is 1.44 bits per heavy atom. The fraction of sp³-hybridized carbons (Fsp3) is 0.0566. The van der Waals surface area contributed by atoms with Crippen molar-refractivity contribution >= 4 is 50.0 Å². The number of benzene rings is 8. The van der Waals surface area contributed by atoms with Crippen LogP contribution in [0.2, 0.25) is 0 Å². The molecule has 0 atom stereocenters. The fourth-order valence-corrected chi connectivity index (χ4v) is 7.41. The summed E-state index contributed by atoms with van der Waals surface area (Å²) < 4.78 is 0. The zero-order valence-electron chi connectivity index (χ0n) is 31.7. The third-order valence-electron chi connectivity index (χ3n) is 10.3. The molecule has 0 aromatic heterocycles. The number of allylic oxidation sites excluding steroid dienone is 4.